The Bertz CT molecular complexity index is 1200. The number of hydrogen-bond acceptors (Lipinski definition) is 4. The van der Waals surface area contributed by atoms with Crippen molar-refractivity contribution in [3.63, 3.8) is 0 Å². The van der Waals surface area contributed by atoms with Crippen molar-refractivity contribution in [1.82, 2.24) is 0 Å². The maximum atomic E-state index is 13.9. The van der Waals surface area contributed by atoms with Crippen LogP contribution in [-0.2, 0) is 13.2 Å². The predicted octanol–water partition coefficient (Wildman–Crippen LogP) is 7.42. The van der Waals surface area contributed by atoms with E-state index in [4.69, 9.17) is 14.2 Å². The minimum absolute atomic E-state index is 0.133. The summed E-state index contributed by atoms with van der Waals surface area (Å²) in [5.41, 5.74) is 2.52. The number of rotatable bonds is 9. The smallest absolute Gasteiger partial charge is 0.174 e. The number of ether oxygens (including phenoxy) is 3. The van der Waals surface area contributed by atoms with Gasteiger partial charge in [-0.25, -0.2) is 4.39 Å². The molecule has 4 nitrogen and oxygen atoms in total. The van der Waals surface area contributed by atoms with Gasteiger partial charge in [0.25, 0.3) is 0 Å². The second kappa shape index (κ2) is 11.0. The summed E-state index contributed by atoms with van der Waals surface area (Å²) >= 11 is 2.21. The number of nitrogens with one attached hydrogen (secondary N) is 1. The zero-order valence-corrected chi connectivity index (χ0v) is 20.2. The zero-order chi connectivity index (χ0) is 23.0. The zero-order valence-electron chi connectivity index (χ0n) is 18.1. The van der Waals surface area contributed by atoms with Gasteiger partial charge in [-0.1, -0.05) is 36.4 Å². The second-order valence-electron chi connectivity index (χ2n) is 7.28. The summed E-state index contributed by atoms with van der Waals surface area (Å²) in [6.07, 6.45) is 0. The van der Waals surface area contributed by atoms with Gasteiger partial charge in [-0.05, 0) is 82.8 Å². The normalized spacial score (nSPS) is 10.5. The van der Waals surface area contributed by atoms with Crippen LogP contribution in [-0.4, -0.2) is 7.11 Å². The van der Waals surface area contributed by atoms with Gasteiger partial charge in [0, 0.05) is 17.8 Å². The van der Waals surface area contributed by atoms with Crippen LogP contribution in [0.5, 0.6) is 23.0 Å². The Labute approximate surface area is 206 Å². The van der Waals surface area contributed by atoms with Crippen LogP contribution in [0, 0.1) is 9.39 Å². The summed E-state index contributed by atoms with van der Waals surface area (Å²) in [5.74, 6) is 2.51. The van der Waals surface area contributed by atoms with Gasteiger partial charge in [-0.15, -0.1) is 0 Å². The minimum atomic E-state index is -0.285. The third-order valence-electron chi connectivity index (χ3n) is 4.95. The third-order valence-corrected chi connectivity index (χ3v) is 5.75. The molecule has 1 N–H and O–H groups in total. The molecule has 0 heterocycles. The lowest BCUT2D eigenvalue weighted by Crippen LogP contribution is -2.04. The first-order valence-corrected chi connectivity index (χ1v) is 11.5. The Hall–Kier alpha value is -3.26. The molecule has 33 heavy (non-hydrogen) atoms. The van der Waals surface area contributed by atoms with Crippen LogP contribution in [0.25, 0.3) is 0 Å². The van der Waals surface area contributed by atoms with Crippen LogP contribution < -0.4 is 19.5 Å². The fourth-order valence-corrected chi connectivity index (χ4v) is 4.07. The number of methoxy groups -OCH3 is 1. The fraction of sp³-hybridized carbons (Fsp3) is 0.111. The molecule has 4 aromatic rings. The predicted molar refractivity (Wildman–Crippen MR) is 137 cm³/mol. The molecule has 4 aromatic carbocycles. The molecule has 0 aromatic heterocycles. The van der Waals surface area contributed by atoms with E-state index in [1.165, 1.54) is 6.07 Å². The van der Waals surface area contributed by atoms with Gasteiger partial charge in [0.1, 0.15) is 23.9 Å². The van der Waals surface area contributed by atoms with Crippen molar-refractivity contribution in [2.45, 2.75) is 13.2 Å². The van der Waals surface area contributed by atoms with Gasteiger partial charge in [-0.3, -0.25) is 0 Å². The van der Waals surface area contributed by atoms with Crippen molar-refractivity contribution in [3.8, 4) is 23.0 Å². The Kier molecular flexibility index (Phi) is 7.67. The van der Waals surface area contributed by atoms with Gasteiger partial charge in [-0.2, -0.15) is 0 Å². The first kappa shape index (κ1) is 22.9. The third kappa shape index (κ3) is 6.16. The second-order valence-corrected chi connectivity index (χ2v) is 8.44. The first-order valence-electron chi connectivity index (χ1n) is 10.4. The molecule has 0 atom stereocenters. The molecule has 0 unspecified atom stereocenters. The maximum absolute atomic E-state index is 13.9. The van der Waals surface area contributed by atoms with Crippen LogP contribution in [0.3, 0.4) is 0 Å². The van der Waals surface area contributed by atoms with Gasteiger partial charge in [0.05, 0.1) is 10.7 Å². The molecule has 0 fully saturated rings. The lowest BCUT2D eigenvalue weighted by molar-refractivity contribution is 0.277. The molecule has 0 saturated heterocycles. The largest absolute Gasteiger partial charge is 0.493 e. The van der Waals surface area contributed by atoms with Crippen LogP contribution in [0.15, 0.2) is 91.0 Å². The van der Waals surface area contributed by atoms with E-state index in [0.29, 0.717) is 23.6 Å². The Morgan fingerprint density at radius 1 is 0.848 bits per heavy atom. The number of para-hydroxylation sites is 1. The molecular weight excluding hydrogens is 532 g/mol. The molecule has 0 radical (unpaired) electrons. The Morgan fingerprint density at radius 2 is 1.55 bits per heavy atom. The van der Waals surface area contributed by atoms with Crippen molar-refractivity contribution in [2.24, 2.45) is 0 Å². The number of hydrogen-bond donors (Lipinski definition) is 1. The van der Waals surface area contributed by atoms with Gasteiger partial charge >= 0.3 is 0 Å². The van der Waals surface area contributed by atoms with Crippen LogP contribution in [0.1, 0.15) is 11.1 Å². The maximum Gasteiger partial charge on any atom is 0.174 e. The van der Waals surface area contributed by atoms with Gasteiger partial charge < -0.3 is 19.5 Å². The first-order chi connectivity index (χ1) is 16.1. The summed E-state index contributed by atoms with van der Waals surface area (Å²) in [6, 6.07) is 28.0. The van der Waals surface area contributed by atoms with Gasteiger partial charge in [0.2, 0.25) is 0 Å². The highest BCUT2D eigenvalue weighted by molar-refractivity contribution is 14.1. The van der Waals surface area contributed by atoms with Crippen molar-refractivity contribution in [2.75, 3.05) is 12.4 Å². The van der Waals surface area contributed by atoms with E-state index in [-0.39, 0.29) is 12.4 Å². The summed E-state index contributed by atoms with van der Waals surface area (Å²) in [6.45, 7) is 0.743. The molecule has 4 rings (SSSR count). The minimum Gasteiger partial charge on any atom is -0.493 e. The lowest BCUT2D eigenvalue weighted by atomic mass is 10.2. The molecule has 0 bridgehead atoms. The monoisotopic (exact) mass is 555 g/mol. The Morgan fingerprint density at radius 3 is 2.27 bits per heavy atom. The van der Waals surface area contributed by atoms with Crippen molar-refractivity contribution >= 4 is 28.3 Å². The summed E-state index contributed by atoms with van der Waals surface area (Å²) in [7, 11) is 1.60. The molecule has 0 spiro atoms. The molecule has 0 saturated carbocycles. The SMILES string of the molecule is COc1cc(CNc2ccc(Oc3ccccc3)cc2)cc(I)c1OCc1ccccc1F. The highest BCUT2D eigenvalue weighted by Crippen LogP contribution is 2.35. The van der Waals surface area contributed by atoms with Crippen LogP contribution >= 0.6 is 22.6 Å². The number of benzene rings is 4. The van der Waals surface area contributed by atoms with E-state index in [2.05, 4.69) is 27.9 Å². The molecule has 0 aliphatic rings. The molecule has 0 amide bonds. The summed E-state index contributed by atoms with van der Waals surface area (Å²) < 4.78 is 32.1. The lowest BCUT2D eigenvalue weighted by Gasteiger charge is -2.15. The summed E-state index contributed by atoms with van der Waals surface area (Å²) in [4.78, 5) is 0. The molecule has 168 valence electrons. The summed E-state index contributed by atoms with van der Waals surface area (Å²) in [5, 5.41) is 3.41. The Balaban J connectivity index is 1.39. The van der Waals surface area contributed by atoms with E-state index in [0.717, 1.165) is 26.3 Å². The number of halogens is 2. The standard InChI is InChI=1S/C27H23FINO3/c1-31-26-16-19(15-25(29)27(26)32-18-20-7-5-6-10-24(20)28)17-30-21-11-13-23(14-12-21)33-22-8-3-2-4-9-22/h2-16,30H,17-18H2,1H3. The van der Waals surface area contributed by atoms with E-state index in [1.54, 1.807) is 25.3 Å². The molecule has 0 aliphatic carbocycles. The van der Waals surface area contributed by atoms with Crippen molar-refractivity contribution in [1.29, 1.82) is 0 Å². The van der Waals surface area contributed by atoms with Crippen molar-refractivity contribution in [3.05, 3.63) is 112 Å². The fourth-order valence-electron chi connectivity index (χ4n) is 3.25. The molecular formula is C27H23FINO3. The van der Waals surface area contributed by atoms with Crippen LogP contribution in [0.4, 0.5) is 10.1 Å². The van der Waals surface area contributed by atoms with Crippen molar-refractivity contribution < 1.29 is 18.6 Å². The van der Waals surface area contributed by atoms with E-state index in [1.807, 2.05) is 66.7 Å². The number of anilines is 1. The highest BCUT2D eigenvalue weighted by atomic mass is 127. The van der Waals surface area contributed by atoms with E-state index in [9.17, 15) is 4.39 Å². The highest BCUT2D eigenvalue weighted by Gasteiger charge is 2.13. The average Bonchev–Trinajstić information content (AvgIpc) is 2.84. The van der Waals surface area contributed by atoms with Crippen LogP contribution in [0.2, 0.25) is 0 Å². The van der Waals surface area contributed by atoms with Gasteiger partial charge in [0.15, 0.2) is 11.5 Å². The molecule has 6 heteroatoms. The van der Waals surface area contributed by atoms with E-state index >= 15 is 0 Å². The topological polar surface area (TPSA) is 39.7 Å². The molecule has 0 aliphatic heterocycles. The quantitative estimate of drug-likeness (QED) is 0.218. The van der Waals surface area contributed by atoms with E-state index < -0.39 is 0 Å². The average molecular weight is 555 g/mol.